The molecule has 0 amide bonds. The van der Waals surface area contributed by atoms with Gasteiger partial charge in [-0.15, -0.1) is 15.3 Å². The van der Waals surface area contributed by atoms with E-state index in [1.807, 2.05) is 55.4 Å². The summed E-state index contributed by atoms with van der Waals surface area (Å²) >= 11 is 0. The van der Waals surface area contributed by atoms with Crippen LogP contribution in [-0.4, -0.2) is 43.9 Å². The highest BCUT2D eigenvalue weighted by molar-refractivity contribution is 5.86. The van der Waals surface area contributed by atoms with Gasteiger partial charge in [0.1, 0.15) is 5.60 Å². The number of rotatable bonds is 5. The lowest BCUT2D eigenvalue weighted by Gasteiger charge is -2.29. The molecule has 0 atom stereocenters. The van der Waals surface area contributed by atoms with E-state index in [4.69, 9.17) is 5.11 Å². The number of aromatic amines is 6. The molecule has 0 radical (unpaired) electrons. The first-order chi connectivity index (χ1) is 13.3. The minimum atomic E-state index is -2.97. The third kappa shape index (κ3) is 13.3. The van der Waals surface area contributed by atoms with Crippen LogP contribution in [0.1, 0.15) is 12.8 Å². The van der Waals surface area contributed by atoms with Gasteiger partial charge in [0.25, 0.3) is 0 Å². The molecule has 7 N–H and O–H groups in total. The van der Waals surface area contributed by atoms with E-state index in [0.717, 1.165) is 0 Å². The number of carboxylic acids is 3. The van der Waals surface area contributed by atoms with Crippen molar-refractivity contribution in [2.45, 2.75) is 18.4 Å². The molecule has 0 aromatic carbocycles. The van der Waals surface area contributed by atoms with Crippen molar-refractivity contribution in [1.82, 2.24) is 15.3 Å². The van der Waals surface area contributed by atoms with Crippen molar-refractivity contribution in [3.63, 3.8) is 0 Å². The fourth-order valence-electron chi connectivity index (χ4n) is 1.41. The first-order valence-electron chi connectivity index (χ1n) is 7.59. The van der Waals surface area contributed by atoms with Crippen LogP contribution in [0.25, 0.3) is 0 Å². The molecule has 0 aliphatic heterocycles. The van der Waals surface area contributed by atoms with Crippen LogP contribution in [0.3, 0.4) is 0 Å². The number of aliphatic carboxylic acids is 3. The van der Waals surface area contributed by atoms with Gasteiger partial charge < -0.3 is 34.8 Å². The first kappa shape index (κ1) is 24.0. The zero-order valence-electron chi connectivity index (χ0n) is 14.5. The summed E-state index contributed by atoms with van der Waals surface area (Å²) in [5.74, 6) is -5.98. The average molecular weight is 396 g/mol. The standard InChI is InChI=1S/C6H8O7.3C3H4N2/c7-3(8)1-6(13,5(11)12)2-4(9)10;3*1-2-4-5-3-1/h13H,1-2H2,(H,7,8)(H,9,10)(H,11,12);3*1-3H,(H,4,5). The summed E-state index contributed by atoms with van der Waals surface area (Å²) in [5, 5.41) is 55.3. The minimum Gasteiger partial charge on any atom is -0.550 e. The Kier molecular flexibility index (Phi) is 12.2. The van der Waals surface area contributed by atoms with Gasteiger partial charge in [0.2, 0.25) is 0 Å². The smallest absolute Gasteiger partial charge is 0.192 e. The number of aromatic nitrogens is 6. The van der Waals surface area contributed by atoms with Crippen molar-refractivity contribution in [1.29, 1.82) is 0 Å². The van der Waals surface area contributed by atoms with Gasteiger partial charge in [0.05, 0.1) is 24.6 Å². The van der Waals surface area contributed by atoms with E-state index in [1.54, 1.807) is 0 Å². The first-order valence-corrected chi connectivity index (χ1v) is 7.59. The van der Waals surface area contributed by atoms with Crippen LogP contribution in [0, 0.1) is 0 Å². The maximum atomic E-state index is 10.1. The van der Waals surface area contributed by atoms with Crippen molar-refractivity contribution >= 4 is 17.9 Å². The topological polar surface area (TPSA) is 230 Å². The fourth-order valence-corrected chi connectivity index (χ4v) is 1.41. The largest absolute Gasteiger partial charge is 0.550 e. The van der Waals surface area contributed by atoms with Gasteiger partial charge in [0, 0.05) is 43.0 Å². The summed E-state index contributed by atoms with van der Waals surface area (Å²) < 4.78 is 0. The van der Waals surface area contributed by atoms with Crippen LogP contribution in [0.5, 0.6) is 0 Å². The van der Waals surface area contributed by atoms with Gasteiger partial charge in [-0.1, -0.05) is 0 Å². The summed E-state index contributed by atoms with van der Waals surface area (Å²) in [6.07, 6.45) is 8.20. The number of hydrogen-bond acceptors (Lipinski definition) is 7. The number of carbonyl (C=O) groups excluding carboxylic acids is 3. The molecule has 13 heteroatoms. The Morgan fingerprint density at radius 3 is 1.18 bits per heavy atom. The van der Waals surface area contributed by atoms with Gasteiger partial charge >= 0.3 is 0 Å². The Bertz CT molecular complexity index is 614. The lowest BCUT2D eigenvalue weighted by Crippen LogP contribution is -2.54. The molecule has 3 rings (SSSR count). The molecule has 3 aromatic heterocycles. The molecule has 13 nitrogen and oxygen atoms in total. The molecule has 0 saturated carbocycles. The van der Waals surface area contributed by atoms with Crippen molar-refractivity contribution < 1.29 is 50.1 Å². The molecular formula is C15H20N6O7. The number of carbonyl (C=O) groups is 3. The maximum Gasteiger partial charge on any atom is 0.192 e. The summed E-state index contributed by atoms with van der Waals surface area (Å²) in [7, 11) is 0. The zero-order valence-corrected chi connectivity index (χ0v) is 14.5. The van der Waals surface area contributed by atoms with E-state index < -0.39 is 36.4 Å². The molecule has 0 saturated heterocycles. The number of carboxylic acid groups (broad SMARTS) is 3. The summed E-state index contributed by atoms with van der Waals surface area (Å²) in [4.78, 5) is 30.0. The highest BCUT2D eigenvalue weighted by atomic mass is 16.4. The van der Waals surface area contributed by atoms with Crippen LogP contribution < -0.4 is 30.6 Å². The number of H-pyrrole nitrogens is 6. The van der Waals surface area contributed by atoms with Gasteiger partial charge in [-0.25, -0.2) is 0 Å². The number of aliphatic hydroxyl groups is 1. The summed E-state index contributed by atoms with van der Waals surface area (Å²) in [5.41, 5.74) is -2.97. The van der Waals surface area contributed by atoms with Crippen LogP contribution in [0.2, 0.25) is 0 Å². The monoisotopic (exact) mass is 396 g/mol. The van der Waals surface area contributed by atoms with Gasteiger partial charge in [-0.2, -0.15) is 15.3 Å². The highest BCUT2D eigenvalue weighted by Gasteiger charge is 2.29. The minimum absolute atomic E-state index is 1.36. The van der Waals surface area contributed by atoms with Crippen LogP contribution in [-0.2, 0) is 14.4 Å². The Hall–Kier alpha value is -4.00. The van der Waals surface area contributed by atoms with E-state index in [2.05, 4.69) is 30.6 Å². The molecule has 0 aliphatic carbocycles. The lowest BCUT2D eigenvalue weighted by atomic mass is 9.96. The summed E-state index contributed by atoms with van der Waals surface area (Å²) in [6.45, 7) is 0. The van der Waals surface area contributed by atoms with E-state index in [0.29, 0.717) is 0 Å². The average Bonchev–Trinajstić information content (AvgIpc) is 3.42. The van der Waals surface area contributed by atoms with Crippen LogP contribution in [0.4, 0.5) is 0 Å². The Balaban J connectivity index is 0.000000392. The SMILES string of the molecule is O=C([O-])CC(O)(CC(=O)[O-])C(=O)[O-].c1c[nH][nH+]c1.c1c[nH][nH+]c1.c1c[nH][nH+]c1. The zero-order chi connectivity index (χ0) is 21.3. The molecular weight excluding hydrogens is 376 g/mol. The maximum absolute atomic E-state index is 10.1. The Labute approximate surface area is 158 Å². The predicted octanol–water partition coefficient (Wildman–Crippen LogP) is -5.77. The number of hydrogen-bond donors (Lipinski definition) is 4. The van der Waals surface area contributed by atoms with E-state index in [9.17, 15) is 29.7 Å². The Morgan fingerprint density at radius 1 is 0.750 bits per heavy atom. The molecule has 0 unspecified atom stereocenters. The van der Waals surface area contributed by atoms with Crippen LogP contribution >= 0.6 is 0 Å². The quantitative estimate of drug-likeness (QED) is 0.326. The molecule has 0 aliphatic rings. The van der Waals surface area contributed by atoms with Gasteiger partial charge in [-0.05, 0) is 0 Å². The van der Waals surface area contributed by atoms with Crippen LogP contribution in [0.15, 0.2) is 55.4 Å². The molecule has 0 spiro atoms. The van der Waals surface area contributed by atoms with Crippen molar-refractivity contribution in [3.8, 4) is 0 Å². The van der Waals surface area contributed by atoms with Crippen molar-refractivity contribution in [2.75, 3.05) is 0 Å². The predicted molar refractivity (Wildman–Crippen MR) is 81.3 cm³/mol. The molecule has 0 fully saturated rings. The van der Waals surface area contributed by atoms with Gasteiger partial charge in [-0.3, -0.25) is 0 Å². The van der Waals surface area contributed by atoms with Crippen molar-refractivity contribution in [3.05, 3.63) is 55.4 Å². The molecule has 0 bridgehead atoms. The van der Waals surface area contributed by atoms with E-state index in [1.165, 1.54) is 0 Å². The third-order valence-corrected chi connectivity index (χ3v) is 2.58. The molecule has 3 aromatic rings. The fraction of sp³-hybridized carbons (Fsp3) is 0.200. The second-order valence-electron chi connectivity index (χ2n) is 4.86. The second-order valence-corrected chi connectivity index (χ2v) is 4.86. The number of nitrogens with one attached hydrogen (secondary N) is 6. The molecule has 152 valence electrons. The van der Waals surface area contributed by atoms with Gasteiger partial charge in [0.15, 0.2) is 18.6 Å². The molecule has 3 heterocycles. The molecule has 28 heavy (non-hydrogen) atoms. The lowest BCUT2D eigenvalue weighted by molar-refractivity contribution is -0.449. The third-order valence-electron chi connectivity index (χ3n) is 2.58. The normalized spacial score (nSPS) is 9.32. The second kappa shape index (κ2) is 14.2. The summed E-state index contributed by atoms with van der Waals surface area (Å²) in [6, 6.07) is 5.67. The van der Waals surface area contributed by atoms with E-state index in [-0.39, 0.29) is 0 Å². The van der Waals surface area contributed by atoms with E-state index >= 15 is 0 Å². The van der Waals surface area contributed by atoms with Crippen molar-refractivity contribution in [2.24, 2.45) is 0 Å². The highest BCUT2D eigenvalue weighted by Crippen LogP contribution is 2.13. The Morgan fingerprint density at radius 2 is 1.07 bits per heavy atom.